The molecule has 2 aromatic heterocycles. The Morgan fingerprint density at radius 1 is 1.41 bits per heavy atom. The molecule has 0 bridgehead atoms. The molecule has 0 aliphatic heterocycles. The Labute approximate surface area is 107 Å². The monoisotopic (exact) mass is 296 g/mol. The second-order valence-corrected chi connectivity index (χ2v) is 4.35. The number of nitrogens with two attached hydrogens (primary N) is 1. The van der Waals surface area contributed by atoms with E-state index in [4.69, 9.17) is 5.73 Å². The minimum absolute atomic E-state index is 0.430. The Morgan fingerprint density at radius 3 is 2.94 bits per heavy atom. The smallest absolute Gasteiger partial charge is 0.145 e. The standard InChI is InChI=1S/C10H13BrN6/c1-17-5-4-13-7(17)2-3-14-10-8(11)9(12)15-6-16-10/h4-6H,2-3H2,1H3,(H3,12,14,15,16). The number of anilines is 2. The summed E-state index contributed by atoms with van der Waals surface area (Å²) in [5, 5.41) is 3.19. The van der Waals surface area contributed by atoms with Crippen molar-refractivity contribution < 1.29 is 0 Å². The SMILES string of the molecule is Cn1ccnc1CCNc1ncnc(N)c1Br. The number of imidazole rings is 1. The average Bonchev–Trinajstić information content (AvgIpc) is 2.71. The van der Waals surface area contributed by atoms with Crippen molar-refractivity contribution in [3.63, 3.8) is 0 Å². The zero-order chi connectivity index (χ0) is 12.3. The van der Waals surface area contributed by atoms with E-state index in [1.54, 1.807) is 6.20 Å². The quantitative estimate of drug-likeness (QED) is 0.886. The number of nitrogens with one attached hydrogen (secondary N) is 1. The minimum atomic E-state index is 0.430. The molecule has 0 aliphatic carbocycles. The lowest BCUT2D eigenvalue weighted by Gasteiger charge is -2.08. The van der Waals surface area contributed by atoms with Crippen molar-refractivity contribution >= 4 is 27.6 Å². The Bertz CT molecular complexity index is 509. The normalized spacial score (nSPS) is 10.5. The highest BCUT2D eigenvalue weighted by atomic mass is 79.9. The summed E-state index contributed by atoms with van der Waals surface area (Å²) in [5.41, 5.74) is 5.66. The summed E-state index contributed by atoms with van der Waals surface area (Å²) >= 11 is 3.34. The molecular formula is C10H13BrN6. The average molecular weight is 297 g/mol. The lowest BCUT2D eigenvalue weighted by Crippen LogP contribution is -2.10. The first-order valence-electron chi connectivity index (χ1n) is 5.14. The molecule has 7 heteroatoms. The van der Waals surface area contributed by atoms with Crippen LogP contribution in [0.1, 0.15) is 5.82 Å². The van der Waals surface area contributed by atoms with Crippen LogP contribution in [-0.4, -0.2) is 26.1 Å². The van der Waals surface area contributed by atoms with Crippen molar-refractivity contribution in [3.8, 4) is 0 Å². The zero-order valence-electron chi connectivity index (χ0n) is 9.39. The van der Waals surface area contributed by atoms with Crippen LogP contribution in [0.2, 0.25) is 0 Å². The van der Waals surface area contributed by atoms with Crippen LogP contribution in [0.3, 0.4) is 0 Å². The third-order valence-corrected chi connectivity index (χ3v) is 3.16. The molecule has 3 N–H and O–H groups in total. The number of halogens is 1. The number of nitrogens with zero attached hydrogens (tertiary/aromatic N) is 4. The highest BCUT2D eigenvalue weighted by molar-refractivity contribution is 9.10. The molecule has 2 heterocycles. The fourth-order valence-corrected chi connectivity index (χ4v) is 1.78. The van der Waals surface area contributed by atoms with Gasteiger partial charge in [0, 0.05) is 32.4 Å². The summed E-state index contributed by atoms with van der Waals surface area (Å²) < 4.78 is 2.69. The van der Waals surface area contributed by atoms with Gasteiger partial charge in [0.15, 0.2) is 0 Å². The number of nitrogen functional groups attached to an aromatic ring is 1. The van der Waals surface area contributed by atoms with E-state index in [0.717, 1.165) is 18.8 Å². The summed E-state index contributed by atoms with van der Waals surface area (Å²) in [5.74, 6) is 2.15. The number of hydrogen-bond donors (Lipinski definition) is 2. The van der Waals surface area contributed by atoms with E-state index in [1.807, 2.05) is 17.8 Å². The minimum Gasteiger partial charge on any atom is -0.383 e. The maximum atomic E-state index is 5.66. The molecule has 0 aliphatic rings. The van der Waals surface area contributed by atoms with E-state index in [2.05, 4.69) is 36.2 Å². The zero-order valence-corrected chi connectivity index (χ0v) is 11.0. The maximum absolute atomic E-state index is 5.66. The van der Waals surface area contributed by atoms with E-state index >= 15 is 0 Å². The molecule has 0 saturated heterocycles. The summed E-state index contributed by atoms with van der Waals surface area (Å²) in [7, 11) is 1.97. The fourth-order valence-electron chi connectivity index (χ4n) is 1.44. The number of aryl methyl sites for hydroxylation is 1. The van der Waals surface area contributed by atoms with Gasteiger partial charge in [-0.3, -0.25) is 0 Å². The molecule has 0 aromatic carbocycles. The first kappa shape index (κ1) is 11.8. The number of hydrogen-bond acceptors (Lipinski definition) is 5. The molecule has 0 unspecified atom stereocenters. The Balaban J connectivity index is 1.95. The van der Waals surface area contributed by atoms with E-state index < -0.39 is 0 Å². The number of aromatic nitrogens is 4. The van der Waals surface area contributed by atoms with Crippen LogP contribution in [0, 0.1) is 0 Å². The van der Waals surface area contributed by atoms with Gasteiger partial charge in [0.2, 0.25) is 0 Å². The van der Waals surface area contributed by atoms with Gasteiger partial charge >= 0.3 is 0 Å². The van der Waals surface area contributed by atoms with Gasteiger partial charge in [0.1, 0.15) is 28.3 Å². The van der Waals surface area contributed by atoms with E-state index in [1.165, 1.54) is 6.33 Å². The van der Waals surface area contributed by atoms with Crippen LogP contribution >= 0.6 is 15.9 Å². The van der Waals surface area contributed by atoms with Crippen LogP contribution in [0.4, 0.5) is 11.6 Å². The molecule has 0 saturated carbocycles. The first-order chi connectivity index (χ1) is 8.18. The predicted octanol–water partition coefficient (Wildman–Crippen LogP) is 1.21. The highest BCUT2D eigenvalue weighted by Gasteiger charge is 2.05. The van der Waals surface area contributed by atoms with E-state index in [-0.39, 0.29) is 0 Å². The van der Waals surface area contributed by atoms with Crippen LogP contribution in [0.5, 0.6) is 0 Å². The lowest BCUT2D eigenvalue weighted by molar-refractivity contribution is 0.788. The van der Waals surface area contributed by atoms with Gasteiger partial charge in [-0.25, -0.2) is 15.0 Å². The molecular weight excluding hydrogens is 284 g/mol. The topological polar surface area (TPSA) is 81.7 Å². The van der Waals surface area contributed by atoms with Crippen LogP contribution in [0.25, 0.3) is 0 Å². The summed E-state index contributed by atoms with van der Waals surface area (Å²) in [4.78, 5) is 12.2. The second-order valence-electron chi connectivity index (χ2n) is 3.55. The molecule has 0 fully saturated rings. The van der Waals surface area contributed by atoms with Crippen molar-refractivity contribution in [1.29, 1.82) is 0 Å². The summed E-state index contributed by atoms with van der Waals surface area (Å²) in [6.45, 7) is 0.736. The second kappa shape index (κ2) is 5.13. The first-order valence-corrected chi connectivity index (χ1v) is 5.94. The Hall–Kier alpha value is -1.63. The van der Waals surface area contributed by atoms with Crippen LogP contribution < -0.4 is 11.1 Å². The Morgan fingerprint density at radius 2 is 2.24 bits per heavy atom. The van der Waals surface area contributed by atoms with Gasteiger partial charge in [-0.2, -0.15) is 0 Å². The molecule has 0 atom stereocenters. The van der Waals surface area contributed by atoms with Crippen molar-refractivity contribution in [2.75, 3.05) is 17.6 Å². The van der Waals surface area contributed by atoms with Crippen molar-refractivity contribution in [2.24, 2.45) is 7.05 Å². The predicted molar refractivity (Wildman–Crippen MR) is 69.5 cm³/mol. The molecule has 0 amide bonds. The molecule has 2 aromatic rings. The van der Waals surface area contributed by atoms with Gasteiger partial charge in [-0.05, 0) is 15.9 Å². The third-order valence-electron chi connectivity index (χ3n) is 2.38. The van der Waals surface area contributed by atoms with E-state index in [9.17, 15) is 0 Å². The van der Waals surface area contributed by atoms with Crippen molar-refractivity contribution in [1.82, 2.24) is 19.5 Å². The van der Waals surface area contributed by atoms with Crippen molar-refractivity contribution in [3.05, 3.63) is 29.0 Å². The summed E-state index contributed by atoms with van der Waals surface area (Å²) in [6.07, 6.45) is 5.96. The van der Waals surface area contributed by atoms with Gasteiger partial charge in [-0.1, -0.05) is 0 Å². The molecule has 0 spiro atoms. The largest absolute Gasteiger partial charge is 0.383 e. The molecule has 17 heavy (non-hydrogen) atoms. The van der Waals surface area contributed by atoms with Gasteiger partial charge in [-0.15, -0.1) is 0 Å². The Kier molecular flexibility index (Phi) is 3.58. The molecule has 6 nitrogen and oxygen atoms in total. The van der Waals surface area contributed by atoms with Gasteiger partial charge in [0.25, 0.3) is 0 Å². The van der Waals surface area contributed by atoms with Gasteiger partial charge < -0.3 is 15.6 Å². The molecule has 0 radical (unpaired) electrons. The van der Waals surface area contributed by atoms with Gasteiger partial charge in [0.05, 0.1) is 0 Å². The molecule has 2 rings (SSSR count). The molecule has 90 valence electrons. The van der Waals surface area contributed by atoms with Crippen molar-refractivity contribution in [2.45, 2.75) is 6.42 Å². The fraction of sp³-hybridized carbons (Fsp3) is 0.300. The summed E-state index contributed by atoms with van der Waals surface area (Å²) in [6, 6.07) is 0. The number of rotatable bonds is 4. The lowest BCUT2D eigenvalue weighted by atomic mass is 10.4. The highest BCUT2D eigenvalue weighted by Crippen LogP contribution is 2.23. The van der Waals surface area contributed by atoms with Crippen LogP contribution in [0.15, 0.2) is 23.2 Å². The maximum Gasteiger partial charge on any atom is 0.145 e. The van der Waals surface area contributed by atoms with E-state index in [0.29, 0.717) is 16.1 Å². The van der Waals surface area contributed by atoms with Crippen LogP contribution in [-0.2, 0) is 13.5 Å². The third kappa shape index (κ3) is 2.73.